The lowest BCUT2D eigenvalue weighted by molar-refractivity contribution is -0.112. The molecule has 1 heterocycles. The van der Waals surface area contributed by atoms with Gasteiger partial charge in [0.05, 0.1) is 5.56 Å². The number of nitrogens with two attached hydrogens (primary N) is 1. The summed E-state index contributed by atoms with van der Waals surface area (Å²) in [6.07, 6.45) is 5.20. The average Bonchev–Trinajstić information content (AvgIpc) is 3.20. The van der Waals surface area contributed by atoms with Gasteiger partial charge in [0, 0.05) is 4.88 Å². The first-order valence-corrected chi connectivity index (χ1v) is 11.5. The Morgan fingerprint density at radius 3 is 2.52 bits per heavy atom. The van der Waals surface area contributed by atoms with Crippen molar-refractivity contribution in [1.82, 2.24) is 0 Å². The van der Waals surface area contributed by atoms with Crippen molar-refractivity contribution in [3.63, 3.8) is 0 Å². The van der Waals surface area contributed by atoms with Gasteiger partial charge in [-0.1, -0.05) is 42.5 Å². The van der Waals surface area contributed by atoms with Crippen molar-refractivity contribution in [2.45, 2.75) is 32.3 Å². The Labute approximate surface area is 196 Å². The van der Waals surface area contributed by atoms with Crippen LogP contribution in [0.15, 0.2) is 60.2 Å². The van der Waals surface area contributed by atoms with E-state index in [4.69, 9.17) is 10.5 Å². The number of nitriles is 1. The molecule has 3 aromatic rings. The summed E-state index contributed by atoms with van der Waals surface area (Å²) < 4.78 is 5.77. The summed E-state index contributed by atoms with van der Waals surface area (Å²) in [6.45, 7) is 0.453. The van der Waals surface area contributed by atoms with Gasteiger partial charge in [-0.15, -0.1) is 11.3 Å². The molecule has 2 amide bonds. The maximum Gasteiger partial charge on any atom is 0.266 e. The van der Waals surface area contributed by atoms with Gasteiger partial charge in [0.15, 0.2) is 0 Å². The van der Waals surface area contributed by atoms with Gasteiger partial charge in [0.1, 0.15) is 29.0 Å². The Kier molecular flexibility index (Phi) is 6.86. The van der Waals surface area contributed by atoms with Crippen molar-refractivity contribution in [2.75, 3.05) is 5.32 Å². The van der Waals surface area contributed by atoms with E-state index >= 15 is 0 Å². The fourth-order valence-corrected chi connectivity index (χ4v) is 5.09. The fraction of sp³-hybridized carbons (Fsp3) is 0.192. The number of rotatable bonds is 7. The van der Waals surface area contributed by atoms with E-state index in [1.54, 1.807) is 24.3 Å². The van der Waals surface area contributed by atoms with Gasteiger partial charge in [-0.25, -0.2) is 0 Å². The van der Waals surface area contributed by atoms with E-state index in [1.807, 2.05) is 36.4 Å². The highest BCUT2D eigenvalue weighted by molar-refractivity contribution is 7.17. The smallest absolute Gasteiger partial charge is 0.266 e. The van der Waals surface area contributed by atoms with Crippen LogP contribution < -0.4 is 15.8 Å². The second-order valence-electron chi connectivity index (χ2n) is 7.75. The van der Waals surface area contributed by atoms with Crippen LogP contribution in [-0.4, -0.2) is 11.8 Å². The largest absolute Gasteiger partial charge is 0.489 e. The van der Waals surface area contributed by atoms with Gasteiger partial charge in [0.2, 0.25) is 0 Å². The normalized spacial score (nSPS) is 13.0. The van der Waals surface area contributed by atoms with E-state index in [-0.39, 0.29) is 5.57 Å². The molecule has 166 valence electrons. The standard InChI is InChI=1S/C26H23N3O3S/c27-15-19(14-17-10-12-20(13-11-17)32-16-18-6-2-1-3-7-18)25(31)29-26-23(24(28)30)21-8-4-5-9-22(21)33-26/h1-3,6-7,10-14H,4-5,8-9,16H2,(H2,28,30)(H,29,31)/b19-14+. The van der Waals surface area contributed by atoms with Crippen LogP contribution in [-0.2, 0) is 24.2 Å². The number of benzene rings is 2. The Morgan fingerprint density at radius 1 is 1.09 bits per heavy atom. The van der Waals surface area contributed by atoms with E-state index < -0.39 is 11.8 Å². The Bertz CT molecular complexity index is 1240. The number of ether oxygens (including phenoxy) is 1. The molecule has 0 saturated carbocycles. The van der Waals surface area contributed by atoms with E-state index in [9.17, 15) is 14.9 Å². The van der Waals surface area contributed by atoms with Gasteiger partial charge >= 0.3 is 0 Å². The number of hydrogen-bond acceptors (Lipinski definition) is 5. The van der Waals surface area contributed by atoms with Crippen molar-refractivity contribution in [3.05, 3.63) is 87.3 Å². The van der Waals surface area contributed by atoms with E-state index in [1.165, 1.54) is 17.4 Å². The first kappa shape index (κ1) is 22.3. The molecular weight excluding hydrogens is 434 g/mol. The lowest BCUT2D eigenvalue weighted by atomic mass is 9.95. The number of aryl methyl sites for hydroxylation is 1. The molecule has 6 nitrogen and oxygen atoms in total. The predicted molar refractivity (Wildman–Crippen MR) is 129 cm³/mol. The third-order valence-corrected chi connectivity index (χ3v) is 6.66. The van der Waals surface area contributed by atoms with Gasteiger partial charge in [-0.3, -0.25) is 9.59 Å². The van der Waals surface area contributed by atoms with Crippen molar-refractivity contribution < 1.29 is 14.3 Å². The summed E-state index contributed by atoms with van der Waals surface area (Å²) >= 11 is 1.37. The minimum absolute atomic E-state index is 0.0604. The number of primary amides is 1. The molecule has 3 N–H and O–H groups in total. The Balaban J connectivity index is 1.47. The van der Waals surface area contributed by atoms with Crippen LogP contribution in [0.4, 0.5) is 5.00 Å². The van der Waals surface area contributed by atoms with E-state index in [0.717, 1.165) is 41.7 Å². The van der Waals surface area contributed by atoms with Crippen LogP contribution in [0.25, 0.3) is 6.08 Å². The molecule has 0 unspecified atom stereocenters. The number of carbonyl (C=O) groups excluding carboxylic acids is 2. The number of fused-ring (bicyclic) bond motifs is 1. The number of hydrogen-bond donors (Lipinski definition) is 2. The van der Waals surface area contributed by atoms with Crippen molar-refractivity contribution in [2.24, 2.45) is 5.73 Å². The molecule has 0 bridgehead atoms. The van der Waals surface area contributed by atoms with Crippen LogP contribution in [0.5, 0.6) is 5.75 Å². The van der Waals surface area contributed by atoms with E-state index in [0.29, 0.717) is 28.5 Å². The molecule has 0 spiro atoms. The van der Waals surface area contributed by atoms with Crippen LogP contribution in [0.1, 0.15) is 44.8 Å². The zero-order valence-electron chi connectivity index (χ0n) is 18.0. The van der Waals surface area contributed by atoms with Gasteiger partial charge < -0.3 is 15.8 Å². The second kappa shape index (κ2) is 10.2. The van der Waals surface area contributed by atoms with Crippen LogP contribution >= 0.6 is 11.3 Å². The molecule has 1 aliphatic carbocycles. The Hall–Kier alpha value is -3.89. The topological polar surface area (TPSA) is 105 Å². The second-order valence-corrected chi connectivity index (χ2v) is 8.85. The lowest BCUT2D eigenvalue weighted by Crippen LogP contribution is -2.19. The van der Waals surface area contributed by atoms with Crippen LogP contribution in [0.2, 0.25) is 0 Å². The number of nitrogens with zero attached hydrogens (tertiary/aromatic N) is 1. The van der Waals surface area contributed by atoms with Gasteiger partial charge in [-0.05, 0) is 60.6 Å². The molecule has 33 heavy (non-hydrogen) atoms. The minimum Gasteiger partial charge on any atom is -0.489 e. The Morgan fingerprint density at radius 2 is 1.82 bits per heavy atom. The number of thiophene rings is 1. The molecule has 0 aliphatic heterocycles. The van der Waals surface area contributed by atoms with Crippen molar-refractivity contribution >= 4 is 34.2 Å². The van der Waals surface area contributed by atoms with Crippen molar-refractivity contribution in [1.29, 1.82) is 5.26 Å². The molecule has 0 fully saturated rings. The SMILES string of the molecule is N#C/C(=C\c1ccc(OCc2ccccc2)cc1)C(=O)Nc1sc2c(c1C(N)=O)CCCC2. The molecule has 2 aromatic carbocycles. The first-order chi connectivity index (χ1) is 16.0. The minimum atomic E-state index is -0.567. The molecule has 4 rings (SSSR count). The summed E-state index contributed by atoms with van der Waals surface area (Å²) in [5.74, 6) is -0.435. The maximum atomic E-state index is 12.8. The zero-order chi connectivity index (χ0) is 23.2. The average molecular weight is 458 g/mol. The maximum absolute atomic E-state index is 12.8. The van der Waals surface area contributed by atoms with Crippen LogP contribution in [0.3, 0.4) is 0 Å². The molecule has 0 saturated heterocycles. The first-order valence-electron chi connectivity index (χ1n) is 10.7. The summed E-state index contributed by atoms with van der Waals surface area (Å²) in [4.78, 5) is 25.9. The number of carbonyl (C=O) groups is 2. The molecule has 1 aliphatic rings. The summed E-state index contributed by atoms with van der Waals surface area (Å²) in [5, 5.41) is 12.7. The highest BCUT2D eigenvalue weighted by atomic mass is 32.1. The van der Waals surface area contributed by atoms with Crippen LogP contribution in [0, 0.1) is 11.3 Å². The molecule has 0 atom stereocenters. The lowest BCUT2D eigenvalue weighted by Gasteiger charge is -2.11. The van der Waals surface area contributed by atoms with E-state index in [2.05, 4.69) is 5.32 Å². The molecule has 1 aromatic heterocycles. The summed E-state index contributed by atoms with van der Waals surface area (Å²) in [6, 6.07) is 18.9. The number of anilines is 1. The third-order valence-electron chi connectivity index (χ3n) is 5.45. The third kappa shape index (κ3) is 5.30. The molecule has 0 radical (unpaired) electrons. The number of nitrogens with one attached hydrogen (secondary N) is 1. The fourth-order valence-electron chi connectivity index (χ4n) is 3.80. The van der Waals surface area contributed by atoms with Gasteiger partial charge in [0.25, 0.3) is 11.8 Å². The molecule has 7 heteroatoms. The quantitative estimate of drug-likeness (QED) is 0.391. The number of amides is 2. The van der Waals surface area contributed by atoms with Gasteiger partial charge in [-0.2, -0.15) is 5.26 Å². The van der Waals surface area contributed by atoms with Crippen molar-refractivity contribution in [3.8, 4) is 11.8 Å². The predicted octanol–water partition coefficient (Wildman–Crippen LogP) is 4.85. The zero-order valence-corrected chi connectivity index (χ0v) is 18.8. The summed E-state index contributed by atoms with van der Waals surface area (Å²) in [5.41, 5.74) is 8.59. The monoisotopic (exact) mass is 457 g/mol. The highest BCUT2D eigenvalue weighted by Gasteiger charge is 2.25. The molecular formula is C26H23N3O3S. The highest BCUT2D eigenvalue weighted by Crippen LogP contribution is 2.38. The summed E-state index contributed by atoms with van der Waals surface area (Å²) in [7, 11) is 0.